The van der Waals surface area contributed by atoms with Crippen LogP contribution >= 0.6 is 0 Å². The van der Waals surface area contributed by atoms with E-state index in [0.29, 0.717) is 6.42 Å². The third-order valence-electron chi connectivity index (χ3n) is 3.21. The molecule has 2 amide bonds. The van der Waals surface area contributed by atoms with Gasteiger partial charge in [-0.15, -0.1) is 0 Å². The molecule has 0 fully saturated rings. The molecule has 7 nitrogen and oxygen atoms in total. The Morgan fingerprint density at radius 2 is 1.68 bits per heavy atom. The second-order valence-corrected chi connectivity index (χ2v) is 6.64. The summed E-state index contributed by atoms with van der Waals surface area (Å²) in [6.07, 6.45) is -0.411. The highest BCUT2D eigenvalue weighted by Gasteiger charge is 2.26. The Bertz CT molecular complexity index is 595. The zero-order chi connectivity index (χ0) is 19.0. The van der Waals surface area contributed by atoms with E-state index < -0.39 is 35.7 Å². The summed E-state index contributed by atoms with van der Waals surface area (Å²) in [5.74, 6) is -1.06. The van der Waals surface area contributed by atoms with Crippen LogP contribution in [0, 0.1) is 0 Å². The average molecular weight is 350 g/mol. The van der Waals surface area contributed by atoms with Crippen LogP contribution in [-0.2, 0) is 25.5 Å². The van der Waals surface area contributed by atoms with Gasteiger partial charge in [0.25, 0.3) is 0 Å². The number of carbonyl (C=O) groups excluding carboxylic acids is 3. The van der Waals surface area contributed by atoms with Crippen LogP contribution in [-0.4, -0.2) is 42.8 Å². The molecule has 0 spiro atoms. The van der Waals surface area contributed by atoms with Gasteiger partial charge in [-0.25, -0.2) is 9.59 Å². The van der Waals surface area contributed by atoms with Crippen molar-refractivity contribution in [1.29, 1.82) is 0 Å². The number of benzene rings is 1. The van der Waals surface area contributed by atoms with Crippen LogP contribution in [0.3, 0.4) is 0 Å². The molecule has 0 radical (unpaired) electrons. The Hall–Kier alpha value is -2.57. The second kappa shape index (κ2) is 9.05. The molecule has 0 aliphatic rings. The lowest BCUT2D eigenvalue weighted by atomic mass is 10.1. The molecule has 0 saturated heterocycles. The molecule has 0 aliphatic carbocycles. The standard InChI is InChI=1S/C18H26N2O5/c1-12(19-17(23)25-18(2,3)4)15(21)20-14(16(22)24-5)11-13-9-7-6-8-10-13/h6-10,12,14H,11H2,1-5H3,(H,19,23)(H,20,21)/t12-,14?/m0/s1. The maximum absolute atomic E-state index is 12.3. The van der Waals surface area contributed by atoms with Crippen molar-refractivity contribution in [3.63, 3.8) is 0 Å². The smallest absolute Gasteiger partial charge is 0.408 e. The predicted octanol–water partition coefficient (Wildman–Crippen LogP) is 1.80. The van der Waals surface area contributed by atoms with E-state index in [1.54, 1.807) is 20.8 Å². The topological polar surface area (TPSA) is 93.7 Å². The Kier molecular flexibility index (Phi) is 7.42. The maximum atomic E-state index is 12.3. The minimum atomic E-state index is -0.863. The summed E-state index contributed by atoms with van der Waals surface area (Å²) in [6, 6.07) is 7.55. The number of hydrogen-bond donors (Lipinski definition) is 2. The number of methoxy groups -OCH3 is 1. The van der Waals surface area contributed by atoms with Crippen molar-refractivity contribution in [2.45, 2.75) is 51.8 Å². The highest BCUT2D eigenvalue weighted by Crippen LogP contribution is 2.07. The largest absolute Gasteiger partial charge is 0.467 e. The van der Waals surface area contributed by atoms with E-state index in [1.807, 2.05) is 30.3 Å². The molecule has 0 saturated carbocycles. The maximum Gasteiger partial charge on any atom is 0.408 e. The van der Waals surface area contributed by atoms with Crippen molar-refractivity contribution < 1.29 is 23.9 Å². The minimum absolute atomic E-state index is 0.290. The van der Waals surface area contributed by atoms with Gasteiger partial charge >= 0.3 is 12.1 Å². The summed E-state index contributed by atoms with van der Waals surface area (Å²) >= 11 is 0. The van der Waals surface area contributed by atoms with Crippen molar-refractivity contribution in [1.82, 2.24) is 10.6 Å². The molecule has 1 aromatic carbocycles. The van der Waals surface area contributed by atoms with Crippen LogP contribution < -0.4 is 10.6 Å². The molecule has 1 unspecified atom stereocenters. The van der Waals surface area contributed by atoms with Gasteiger partial charge in [0.2, 0.25) is 5.91 Å². The molecule has 7 heteroatoms. The van der Waals surface area contributed by atoms with E-state index in [1.165, 1.54) is 14.0 Å². The fraction of sp³-hybridized carbons (Fsp3) is 0.500. The summed E-state index contributed by atoms with van der Waals surface area (Å²) in [4.78, 5) is 35.9. The molecular formula is C18H26N2O5. The number of hydrogen-bond acceptors (Lipinski definition) is 5. The normalized spacial score (nSPS) is 13.3. The van der Waals surface area contributed by atoms with Crippen LogP contribution in [0.4, 0.5) is 4.79 Å². The average Bonchev–Trinajstić information content (AvgIpc) is 2.52. The van der Waals surface area contributed by atoms with Gasteiger partial charge in [0.05, 0.1) is 7.11 Å². The molecule has 1 rings (SSSR count). The van der Waals surface area contributed by atoms with E-state index in [9.17, 15) is 14.4 Å². The number of nitrogens with one attached hydrogen (secondary N) is 2. The SMILES string of the molecule is COC(=O)C(Cc1ccccc1)NC(=O)[C@H](C)NC(=O)OC(C)(C)C. The number of amides is 2. The Balaban J connectivity index is 2.68. The van der Waals surface area contributed by atoms with E-state index in [4.69, 9.17) is 9.47 Å². The lowest BCUT2D eigenvalue weighted by molar-refractivity contribution is -0.145. The summed E-state index contributed by atoms with van der Waals surface area (Å²) in [5.41, 5.74) is 0.216. The molecule has 0 bridgehead atoms. The predicted molar refractivity (Wildman–Crippen MR) is 92.9 cm³/mol. The fourth-order valence-electron chi connectivity index (χ4n) is 2.03. The minimum Gasteiger partial charge on any atom is -0.467 e. The van der Waals surface area contributed by atoms with Crippen molar-refractivity contribution in [2.24, 2.45) is 0 Å². The molecule has 2 N–H and O–H groups in total. The van der Waals surface area contributed by atoms with Gasteiger partial charge in [-0.3, -0.25) is 4.79 Å². The third-order valence-corrected chi connectivity index (χ3v) is 3.21. The van der Waals surface area contributed by atoms with Crippen LogP contribution in [0.1, 0.15) is 33.3 Å². The quantitative estimate of drug-likeness (QED) is 0.763. The number of esters is 1. The first-order valence-electron chi connectivity index (χ1n) is 8.04. The zero-order valence-corrected chi connectivity index (χ0v) is 15.3. The lowest BCUT2D eigenvalue weighted by Gasteiger charge is -2.23. The molecule has 0 heterocycles. The van der Waals surface area contributed by atoms with Gasteiger partial charge in [0.1, 0.15) is 17.7 Å². The molecule has 25 heavy (non-hydrogen) atoms. The number of carbonyl (C=O) groups is 3. The monoisotopic (exact) mass is 350 g/mol. The highest BCUT2D eigenvalue weighted by atomic mass is 16.6. The lowest BCUT2D eigenvalue weighted by Crippen LogP contribution is -2.51. The van der Waals surface area contributed by atoms with Gasteiger partial charge in [0, 0.05) is 6.42 Å². The van der Waals surface area contributed by atoms with Gasteiger partial charge in [-0.2, -0.15) is 0 Å². The zero-order valence-electron chi connectivity index (χ0n) is 15.3. The molecule has 2 atom stereocenters. The van der Waals surface area contributed by atoms with Crippen LogP contribution in [0.5, 0.6) is 0 Å². The van der Waals surface area contributed by atoms with Gasteiger partial charge in [-0.1, -0.05) is 30.3 Å². The summed E-state index contributed by atoms with van der Waals surface area (Å²) in [5, 5.41) is 5.04. The molecule has 1 aromatic rings. The molecule has 0 aromatic heterocycles. The summed E-state index contributed by atoms with van der Waals surface area (Å²) in [7, 11) is 1.26. The molecule has 0 aliphatic heterocycles. The van der Waals surface area contributed by atoms with Crippen molar-refractivity contribution >= 4 is 18.0 Å². The van der Waals surface area contributed by atoms with Crippen molar-refractivity contribution in [3.05, 3.63) is 35.9 Å². The molecule has 138 valence electrons. The summed E-state index contributed by atoms with van der Waals surface area (Å²) in [6.45, 7) is 6.69. The van der Waals surface area contributed by atoms with Gasteiger partial charge in [-0.05, 0) is 33.3 Å². The first-order valence-corrected chi connectivity index (χ1v) is 8.04. The van der Waals surface area contributed by atoms with Crippen LogP contribution in [0.15, 0.2) is 30.3 Å². The van der Waals surface area contributed by atoms with E-state index in [-0.39, 0.29) is 0 Å². The van der Waals surface area contributed by atoms with Gasteiger partial charge < -0.3 is 20.1 Å². The van der Waals surface area contributed by atoms with Crippen LogP contribution in [0.25, 0.3) is 0 Å². The third kappa shape index (κ3) is 7.69. The first-order chi connectivity index (χ1) is 11.6. The van der Waals surface area contributed by atoms with Crippen molar-refractivity contribution in [2.75, 3.05) is 7.11 Å². The number of ether oxygens (including phenoxy) is 2. The molecular weight excluding hydrogens is 324 g/mol. The van der Waals surface area contributed by atoms with E-state index in [2.05, 4.69) is 10.6 Å². The van der Waals surface area contributed by atoms with Crippen molar-refractivity contribution in [3.8, 4) is 0 Å². The number of alkyl carbamates (subject to hydrolysis) is 1. The Morgan fingerprint density at radius 1 is 1.08 bits per heavy atom. The first kappa shape index (κ1) is 20.5. The number of rotatable bonds is 6. The second-order valence-electron chi connectivity index (χ2n) is 6.64. The van der Waals surface area contributed by atoms with E-state index in [0.717, 1.165) is 5.56 Å². The van der Waals surface area contributed by atoms with Gasteiger partial charge in [0.15, 0.2) is 0 Å². The van der Waals surface area contributed by atoms with E-state index >= 15 is 0 Å². The Morgan fingerprint density at radius 3 is 2.20 bits per heavy atom. The fourth-order valence-corrected chi connectivity index (χ4v) is 2.03. The van der Waals surface area contributed by atoms with Crippen LogP contribution in [0.2, 0.25) is 0 Å². The highest BCUT2D eigenvalue weighted by molar-refractivity contribution is 5.89. The summed E-state index contributed by atoms with van der Waals surface area (Å²) < 4.78 is 9.85. The Labute approximate surface area is 148 Å².